The van der Waals surface area contributed by atoms with Gasteiger partial charge in [-0.2, -0.15) is 0 Å². The average molecular weight is 499 g/mol. The van der Waals surface area contributed by atoms with E-state index in [-0.39, 0.29) is 5.92 Å². The Bertz CT molecular complexity index is 1150. The monoisotopic (exact) mass is 498 g/mol. The van der Waals surface area contributed by atoms with E-state index < -0.39 is 23.7 Å². The van der Waals surface area contributed by atoms with Crippen molar-refractivity contribution in [3.05, 3.63) is 60.3 Å². The molecule has 0 bridgehead atoms. The van der Waals surface area contributed by atoms with E-state index in [1.807, 2.05) is 18.3 Å². The molecule has 1 aliphatic heterocycles. The first-order valence-electron chi connectivity index (χ1n) is 11.8. The predicted octanol–water partition coefficient (Wildman–Crippen LogP) is 4.37. The lowest BCUT2D eigenvalue weighted by Crippen LogP contribution is -2.44. The van der Waals surface area contributed by atoms with Crippen molar-refractivity contribution in [2.75, 3.05) is 32.5 Å². The van der Waals surface area contributed by atoms with Gasteiger partial charge in [-0.3, -0.25) is 14.8 Å². The Morgan fingerprint density at radius 2 is 2.23 bits per heavy atom. The van der Waals surface area contributed by atoms with Gasteiger partial charge in [0.1, 0.15) is 11.6 Å². The van der Waals surface area contributed by atoms with E-state index in [1.165, 1.54) is 6.20 Å². The Hall–Kier alpha value is -2.75. The highest BCUT2D eigenvalue weighted by Crippen LogP contribution is 2.34. The largest absolute Gasteiger partial charge is 0.497 e. The van der Waals surface area contributed by atoms with E-state index >= 15 is 0 Å². The lowest BCUT2D eigenvalue weighted by molar-refractivity contribution is -0.146. The number of piperidine rings is 1. The number of ether oxygens (including phenoxy) is 1. The fourth-order valence-electron chi connectivity index (χ4n) is 4.83. The van der Waals surface area contributed by atoms with Crippen molar-refractivity contribution in [1.29, 1.82) is 0 Å². The highest BCUT2D eigenvalue weighted by molar-refractivity contribution is 7.99. The number of thioether (sulfide) groups is 1. The van der Waals surface area contributed by atoms with Crippen LogP contribution in [0.4, 0.5) is 4.39 Å². The van der Waals surface area contributed by atoms with Crippen molar-refractivity contribution >= 4 is 28.6 Å². The maximum absolute atomic E-state index is 14.8. The van der Waals surface area contributed by atoms with E-state index in [0.29, 0.717) is 41.6 Å². The van der Waals surface area contributed by atoms with E-state index in [0.717, 1.165) is 30.2 Å². The number of benzene rings is 1. The number of nitrogens with zero attached hydrogens (tertiary/aromatic N) is 3. The molecular weight excluding hydrogens is 467 g/mol. The number of hydrogen-bond donors (Lipinski definition) is 2. The number of pyridine rings is 2. The Kier molecular flexibility index (Phi) is 8.54. The molecule has 3 N–H and O–H groups in total. The van der Waals surface area contributed by atoms with Crippen LogP contribution in [0.3, 0.4) is 0 Å². The topological polar surface area (TPSA) is 102 Å². The van der Waals surface area contributed by atoms with Gasteiger partial charge in [0.2, 0.25) is 0 Å². The maximum Gasteiger partial charge on any atom is 0.308 e. The molecule has 35 heavy (non-hydrogen) atoms. The number of aliphatic carboxylic acids is 1. The zero-order valence-corrected chi connectivity index (χ0v) is 20.6. The molecule has 3 aromatic rings. The van der Waals surface area contributed by atoms with Crippen LogP contribution in [0.2, 0.25) is 0 Å². The SMILES string of the molecule is COc1ccc2ncc(F)c([C@H](N)CCC3CCN(CCSc4cccnc4)CC3C(=O)O)c2c1. The summed E-state index contributed by atoms with van der Waals surface area (Å²) in [7, 11) is 1.56. The predicted molar refractivity (Wildman–Crippen MR) is 135 cm³/mol. The molecule has 7 nitrogen and oxygen atoms in total. The standard InChI is InChI=1S/C26H31FN4O3S/c1-34-18-5-7-24-20(13-18)25(22(27)15-30-24)23(28)6-4-17-8-10-31(16-21(17)26(32)33)11-12-35-19-3-2-9-29-14-19/h2-3,5,7,9,13-15,17,21,23H,4,6,8,10-12,16,28H2,1H3,(H,32,33)/t17?,21?,23-/m1/s1. The van der Waals surface area contributed by atoms with Gasteiger partial charge in [-0.25, -0.2) is 4.39 Å². The molecule has 1 aromatic carbocycles. The molecule has 2 aromatic heterocycles. The third kappa shape index (κ3) is 6.28. The van der Waals surface area contributed by atoms with E-state index in [2.05, 4.69) is 14.9 Å². The molecule has 1 fully saturated rings. The highest BCUT2D eigenvalue weighted by Gasteiger charge is 2.34. The third-order valence-corrected chi connectivity index (χ3v) is 7.72. The molecule has 4 rings (SSSR count). The minimum atomic E-state index is -0.779. The van der Waals surface area contributed by atoms with Gasteiger partial charge in [0.15, 0.2) is 0 Å². The van der Waals surface area contributed by atoms with Crippen molar-refractivity contribution in [1.82, 2.24) is 14.9 Å². The minimum Gasteiger partial charge on any atom is -0.497 e. The summed E-state index contributed by atoms with van der Waals surface area (Å²) in [6.07, 6.45) is 6.70. The molecule has 0 aliphatic carbocycles. The Balaban J connectivity index is 1.37. The summed E-state index contributed by atoms with van der Waals surface area (Å²) in [5, 5.41) is 10.5. The van der Waals surface area contributed by atoms with Crippen molar-refractivity contribution < 1.29 is 19.0 Å². The molecule has 1 saturated heterocycles. The normalized spacial score (nSPS) is 19.5. The van der Waals surface area contributed by atoms with Gasteiger partial charge in [0.25, 0.3) is 0 Å². The second-order valence-electron chi connectivity index (χ2n) is 8.92. The Morgan fingerprint density at radius 1 is 1.37 bits per heavy atom. The molecule has 186 valence electrons. The molecule has 9 heteroatoms. The number of likely N-dealkylation sites (tertiary alicyclic amines) is 1. The number of halogens is 1. The molecular formula is C26H31FN4O3S. The first-order chi connectivity index (χ1) is 17.0. The molecule has 2 unspecified atom stereocenters. The number of carboxylic acids is 1. The first kappa shape index (κ1) is 25.3. The van der Waals surface area contributed by atoms with Gasteiger partial charge in [-0.1, -0.05) is 0 Å². The van der Waals surface area contributed by atoms with Crippen LogP contribution in [0.15, 0.2) is 53.8 Å². The van der Waals surface area contributed by atoms with Gasteiger partial charge in [-0.15, -0.1) is 11.8 Å². The number of rotatable bonds is 10. The zero-order valence-electron chi connectivity index (χ0n) is 19.8. The second-order valence-corrected chi connectivity index (χ2v) is 10.1. The Labute approximate surface area is 208 Å². The molecule has 0 saturated carbocycles. The first-order valence-corrected chi connectivity index (χ1v) is 12.8. The van der Waals surface area contributed by atoms with Crippen LogP contribution in [0.5, 0.6) is 5.75 Å². The summed E-state index contributed by atoms with van der Waals surface area (Å²) in [5.74, 6) is -0.193. The number of carboxylic acid groups (broad SMARTS) is 1. The number of fused-ring (bicyclic) bond motifs is 1. The molecule has 0 spiro atoms. The Morgan fingerprint density at radius 3 is 2.97 bits per heavy atom. The molecule has 3 heterocycles. The third-order valence-electron chi connectivity index (χ3n) is 6.76. The molecule has 0 radical (unpaired) electrons. The molecule has 1 aliphatic rings. The lowest BCUT2D eigenvalue weighted by atomic mass is 9.81. The smallest absolute Gasteiger partial charge is 0.308 e. The highest BCUT2D eigenvalue weighted by atomic mass is 32.2. The zero-order chi connectivity index (χ0) is 24.8. The minimum absolute atomic E-state index is 0.00600. The van der Waals surface area contributed by atoms with Gasteiger partial charge >= 0.3 is 5.97 Å². The molecule has 3 atom stereocenters. The van der Waals surface area contributed by atoms with Gasteiger partial charge in [0.05, 0.1) is 24.7 Å². The van der Waals surface area contributed by atoms with Gasteiger partial charge in [0, 0.05) is 53.1 Å². The summed E-state index contributed by atoms with van der Waals surface area (Å²) < 4.78 is 20.1. The van der Waals surface area contributed by atoms with Crippen LogP contribution in [0.1, 0.15) is 30.9 Å². The van der Waals surface area contributed by atoms with E-state index in [1.54, 1.807) is 43.3 Å². The van der Waals surface area contributed by atoms with Crippen LogP contribution in [0.25, 0.3) is 10.9 Å². The maximum atomic E-state index is 14.8. The van der Waals surface area contributed by atoms with Gasteiger partial charge < -0.3 is 20.5 Å². The number of carbonyl (C=O) groups is 1. The number of aromatic nitrogens is 2. The average Bonchev–Trinajstić information content (AvgIpc) is 2.87. The fraction of sp³-hybridized carbons (Fsp3) is 0.423. The lowest BCUT2D eigenvalue weighted by Gasteiger charge is -2.37. The van der Waals surface area contributed by atoms with E-state index in [9.17, 15) is 14.3 Å². The van der Waals surface area contributed by atoms with Crippen molar-refractivity contribution in [2.45, 2.75) is 30.2 Å². The second kappa shape index (κ2) is 11.8. The fourth-order valence-corrected chi connectivity index (χ4v) is 5.73. The van der Waals surface area contributed by atoms with Crippen LogP contribution in [-0.2, 0) is 4.79 Å². The van der Waals surface area contributed by atoms with Crippen LogP contribution >= 0.6 is 11.8 Å². The number of hydrogen-bond acceptors (Lipinski definition) is 7. The summed E-state index contributed by atoms with van der Waals surface area (Å²) in [6, 6.07) is 8.70. The van der Waals surface area contributed by atoms with Crippen molar-refractivity contribution in [3.63, 3.8) is 0 Å². The van der Waals surface area contributed by atoms with Gasteiger partial charge in [-0.05, 0) is 62.1 Å². The molecule has 0 amide bonds. The van der Waals surface area contributed by atoms with Crippen LogP contribution in [-0.4, -0.2) is 58.4 Å². The summed E-state index contributed by atoms with van der Waals surface area (Å²) >= 11 is 1.72. The summed E-state index contributed by atoms with van der Waals surface area (Å²) in [4.78, 5) is 23.7. The van der Waals surface area contributed by atoms with Crippen LogP contribution in [0, 0.1) is 17.7 Å². The van der Waals surface area contributed by atoms with Crippen molar-refractivity contribution in [3.8, 4) is 5.75 Å². The number of methoxy groups -OCH3 is 1. The van der Waals surface area contributed by atoms with Crippen molar-refractivity contribution in [2.24, 2.45) is 17.6 Å². The van der Waals surface area contributed by atoms with E-state index in [4.69, 9.17) is 10.5 Å². The number of nitrogens with two attached hydrogens (primary N) is 1. The summed E-state index contributed by atoms with van der Waals surface area (Å²) in [5.41, 5.74) is 7.53. The van der Waals surface area contributed by atoms with Crippen LogP contribution < -0.4 is 10.5 Å². The summed E-state index contributed by atoms with van der Waals surface area (Å²) in [6.45, 7) is 2.19. The quantitative estimate of drug-likeness (QED) is 0.397.